The predicted molar refractivity (Wildman–Crippen MR) is 150 cm³/mol. The van der Waals surface area contributed by atoms with E-state index in [1.807, 2.05) is 43.4 Å². The number of nitrogens with one attached hydrogen (secondary N) is 1. The van der Waals surface area contributed by atoms with Crippen molar-refractivity contribution in [1.82, 2.24) is 4.90 Å². The first-order chi connectivity index (χ1) is 18.6. The lowest BCUT2D eigenvalue weighted by atomic mass is 10.0. The minimum atomic E-state index is -1.26. The van der Waals surface area contributed by atoms with E-state index >= 15 is 0 Å². The summed E-state index contributed by atoms with van der Waals surface area (Å²) < 4.78 is 5.24. The largest absolute Gasteiger partial charge is 0.480 e. The Balaban J connectivity index is 1.52. The van der Waals surface area contributed by atoms with Crippen molar-refractivity contribution in [2.24, 2.45) is 5.73 Å². The molecule has 1 amide bonds. The van der Waals surface area contributed by atoms with Crippen LogP contribution in [0.2, 0.25) is 0 Å². The van der Waals surface area contributed by atoms with Crippen molar-refractivity contribution in [1.29, 1.82) is 0 Å². The van der Waals surface area contributed by atoms with Crippen LogP contribution >= 0.6 is 0 Å². The van der Waals surface area contributed by atoms with Crippen molar-refractivity contribution >= 4 is 29.1 Å². The maximum Gasteiger partial charge on any atom is 0.409 e. The number of carbonyl (C=O) groups excluding carboxylic acids is 1. The number of carboxylic acids is 1. The monoisotopic (exact) mass is 535 g/mol. The molecule has 11 nitrogen and oxygen atoms in total. The van der Waals surface area contributed by atoms with Crippen molar-refractivity contribution in [2.45, 2.75) is 18.9 Å². The number of amides is 1. The Morgan fingerprint density at radius 2 is 1.77 bits per heavy atom. The quantitative estimate of drug-likeness (QED) is 0.307. The first-order valence-corrected chi connectivity index (χ1v) is 12.8. The van der Waals surface area contributed by atoms with Crippen LogP contribution in [0.4, 0.5) is 21.9 Å². The molecule has 206 valence electrons. The second-order valence-corrected chi connectivity index (χ2v) is 9.78. The molecule has 39 heavy (non-hydrogen) atoms. The summed E-state index contributed by atoms with van der Waals surface area (Å²) in [5.74, 6) is -1.08. The number of carbonyl (C=O) groups is 2. The molecule has 1 heterocycles. The van der Waals surface area contributed by atoms with Crippen molar-refractivity contribution in [3.8, 4) is 5.75 Å². The van der Waals surface area contributed by atoms with Crippen LogP contribution in [0.25, 0.3) is 0 Å². The second kappa shape index (κ2) is 12.0. The summed E-state index contributed by atoms with van der Waals surface area (Å²) in [5, 5.41) is 12.7. The Hall–Kier alpha value is -4.38. The number of nitrogens with zero attached hydrogens (tertiary/aromatic N) is 3. The average Bonchev–Trinajstić information content (AvgIpc) is 2.92. The Morgan fingerprint density at radius 3 is 2.41 bits per heavy atom. The summed E-state index contributed by atoms with van der Waals surface area (Å²) in [7, 11) is 3.74. The molecule has 0 spiro atoms. The SMILES string of the molecule is CN1CCN(c2ccc(C[C@H](Nc3c(N(C)CCc4ccccc4)c(=O)c3=O)C(=O)O)c(OC(N)=O)c2)CC1. The first-order valence-electron chi connectivity index (χ1n) is 12.8. The number of benzene rings is 2. The van der Waals surface area contributed by atoms with E-state index in [-0.39, 0.29) is 23.5 Å². The Morgan fingerprint density at radius 1 is 1.08 bits per heavy atom. The lowest BCUT2D eigenvalue weighted by Gasteiger charge is -2.34. The van der Waals surface area contributed by atoms with E-state index in [0.29, 0.717) is 18.5 Å². The molecule has 3 aromatic carbocycles. The third-order valence-corrected chi connectivity index (χ3v) is 7.02. The number of likely N-dealkylation sites (N-methyl/N-ethyl adjacent to an activating group) is 2. The number of rotatable bonds is 11. The molecule has 3 aromatic rings. The zero-order chi connectivity index (χ0) is 28.1. The number of nitrogens with two attached hydrogens (primary N) is 1. The highest BCUT2D eigenvalue weighted by atomic mass is 16.5. The Labute approximate surface area is 226 Å². The number of carboxylic acid groups (broad SMARTS) is 1. The summed E-state index contributed by atoms with van der Waals surface area (Å²) in [6.45, 7) is 3.79. The smallest absolute Gasteiger partial charge is 0.409 e. The standard InChI is InChI=1S/C28H33N5O6/c1-31-12-14-33(15-13-31)20-9-8-19(22(17-20)39-28(29)38)16-21(27(36)37)30-23-24(26(35)25(23)34)32(2)11-10-18-6-4-3-5-7-18/h3-9,17,21,30H,10-16H2,1-2H3,(H2,29,38)(H,36,37)/t21-/m0/s1. The third kappa shape index (κ3) is 6.55. The molecule has 0 aliphatic carbocycles. The number of hydrogen-bond acceptors (Lipinski definition) is 9. The molecule has 4 rings (SSSR count). The molecule has 0 saturated carbocycles. The number of ether oxygens (including phenoxy) is 1. The molecular formula is C28H33N5O6. The second-order valence-electron chi connectivity index (χ2n) is 9.78. The molecule has 4 N–H and O–H groups in total. The molecule has 0 unspecified atom stereocenters. The van der Waals surface area contributed by atoms with Gasteiger partial charge in [-0.05, 0) is 30.7 Å². The summed E-state index contributed by atoms with van der Waals surface area (Å²) in [6.07, 6.45) is -0.491. The highest BCUT2D eigenvalue weighted by Crippen LogP contribution is 2.29. The Bertz CT molecular complexity index is 1390. The number of aliphatic carboxylic acids is 1. The molecule has 1 saturated heterocycles. The van der Waals surface area contributed by atoms with Crippen molar-refractivity contribution in [3.05, 3.63) is 80.1 Å². The van der Waals surface area contributed by atoms with Gasteiger partial charge in [0.15, 0.2) is 0 Å². The van der Waals surface area contributed by atoms with Gasteiger partial charge in [-0.15, -0.1) is 0 Å². The molecule has 1 aliphatic rings. The molecule has 1 fully saturated rings. The van der Waals surface area contributed by atoms with Gasteiger partial charge in [0.25, 0.3) is 10.9 Å². The lowest BCUT2D eigenvalue weighted by molar-refractivity contribution is -0.137. The summed E-state index contributed by atoms with van der Waals surface area (Å²) in [5.41, 5.74) is 6.31. The van der Waals surface area contributed by atoms with E-state index < -0.39 is 29.0 Å². The molecule has 0 radical (unpaired) electrons. The topological polar surface area (TPSA) is 146 Å². The molecule has 1 aliphatic heterocycles. The number of anilines is 3. The number of hydrogen-bond donors (Lipinski definition) is 3. The van der Waals surface area contributed by atoms with Crippen LogP contribution in [0, 0.1) is 0 Å². The lowest BCUT2D eigenvalue weighted by Crippen LogP contribution is -2.45. The van der Waals surface area contributed by atoms with Crippen molar-refractivity contribution < 1.29 is 19.4 Å². The van der Waals surface area contributed by atoms with Gasteiger partial charge in [-0.2, -0.15) is 0 Å². The van der Waals surface area contributed by atoms with E-state index in [4.69, 9.17) is 10.5 Å². The fraction of sp³-hybridized carbons (Fsp3) is 0.357. The minimum Gasteiger partial charge on any atom is -0.480 e. The van der Waals surface area contributed by atoms with Crippen LogP contribution in [0.5, 0.6) is 5.75 Å². The van der Waals surface area contributed by atoms with Crippen LogP contribution in [-0.2, 0) is 17.6 Å². The normalized spacial score (nSPS) is 14.7. The molecular weight excluding hydrogens is 502 g/mol. The van der Waals surface area contributed by atoms with E-state index in [1.165, 1.54) is 0 Å². The molecule has 0 aromatic heterocycles. The molecule has 1 atom stereocenters. The maximum atomic E-state index is 12.4. The van der Waals surface area contributed by atoms with Crippen molar-refractivity contribution in [2.75, 3.05) is 61.9 Å². The van der Waals surface area contributed by atoms with Gasteiger partial charge >= 0.3 is 12.1 Å². The van der Waals surface area contributed by atoms with Crippen molar-refractivity contribution in [3.63, 3.8) is 0 Å². The predicted octanol–water partition coefficient (Wildman–Crippen LogP) is 1.28. The first kappa shape index (κ1) is 27.6. The summed E-state index contributed by atoms with van der Waals surface area (Å²) >= 11 is 0. The maximum absolute atomic E-state index is 12.4. The van der Waals surface area contributed by atoms with E-state index in [1.54, 1.807) is 24.1 Å². The van der Waals surface area contributed by atoms with Crippen LogP contribution in [-0.4, -0.2) is 74.9 Å². The summed E-state index contributed by atoms with van der Waals surface area (Å²) in [4.78, 5) is 54.7. The van der Waals surface area contributed by atoms with Gasteiger partial charge in [-0.1, -0.05) is 36.4 Å². The Kier molecular flexibility index (Phi) is 8.50. The zero-order valence-corrected chi connectivity index (χ0v) is 22.1. The van der Waals surface area contributed by atoms with Gasteiger partial charge in [0.2, 0.25) is 0 Å². The number of primary amides is 1. The molecule has 11 heteroatoms. The third-order valence-electron chi connectivity index (χ3n) is 7.02. The highest BCUT2D eigenvalue weighted by Gasteiger charge is 2.29. The van der Waals surface area contributed by atoms with Gasteiger partial charge in [0, 0.05) is 57.9 Å². The van der Waals surface area contributed by atoms with E-state index in [9.17, 15) is 24.3 Å². The molecule has 0 bridgehead atoms. The number of piperazine rings is 1. The van der Waals surface area contributed by atoms with Crippen LogP contribution in [0.15, 0.2) is 58.1 Å². The summed E-state index contributed by atoms with van der Waals surface area (Å²) in [6, 6.07) is 13.6. The van der Waals surface area contributed by atoms with E-state index in [0.717, 1.165) is 37.4 Å². The highest BCUT2D eigenvalue weighted by molar-refractivity contribution is 5.83. The van der Waals surface area contributed by atoms with Crippen LogP contribution in [0.1, 0.15) is 11.1 Å². The van der Waals surface area contributed by atoms with E-state index in [2.05, 4.69) is 15.1 Å². The van der Waals surface area contributed by atoms with Crippen LogP contribution < -0.4 is 36.4 Å². The minimum absolute atomic E-state index is 0.0330. The zero-order valence-electron chi connectivity index (χ0n) is 22.1. The average molecular weight is 536 g/mol. The van der Waals surface area contributed by atoms with Gasteiger partial charge in [-0.25, -0.2) is 9.59 Å². The fourth-order valence-corrected chi connectivity index (χ4v) is 4.70. The van der Waals surface area contributed by atoms with Gasteiger partial charge in [-0.3, -0.25) is 9.59 Å². The van der Waals surface area contributed by atoms with Gasteiger partial charge in [0.05, 0.1) is 0 Å². The van der Waals surface area contributed by atoms with Crippen LogP contribution in [0.3, 0.4) is 0 Å². The van der Waals surface area contributed by atoms with Gasteiger partial charge < -0.3 is 35.6 Å². The fourth-order valence-electron chi connectivity index (χ4n) is 4.70. The van der Waals surface area contributed by atoms with Gasteiger partial charge in [0.1, 0.15) is 23.2 Å².